The van der Waals surface area contributed by atoms with Gasteiger partial charge in [-0.15, -0.1) is 0 Å². The first-order valence-electron chi connectivity index (χ1n) is 4.17. The highest BCUT2D eigenvalue weighted by Crippen LogP contribution is 2.17. The summed E-state index contributed by atoms with van der Waals surface area (Å²) in [7, 11) is 3.10. The minimum atomic E-state index is -0.467. The van der Waals surface area contributed by atoms with Crippen molar-refractivity contribution in [1.82, 2.24) is 0 Å². The van der Waals surface area contributed by atoms with Crippen LogP contribution in [0.4, 0.5) is 0 Å². The van der Waals surface area contributed by atoms with Crippen molar-refractivity contribution in [3.8, 4) is 0 Å². The molecule has 0 aliphatic heterocycles. The van der Waals surface area contributed by atoms with Crippen LogP contribution < -0.4 is 5.73 Å². The fraction of sp³-hybridized carbons (Fsp3) is 0.300. The van der Waals surface area contributed by atoms with Crippen molar-refractivity contribution in [3.05, 3.63) is 35.3 Å². The van der Waals surface area contributed by atoms with Crippen LogP contribution >= 0.6 is 0 Å². The van der Waals surface area contributed by atoms with E-state index in [0.717, 1.165) is 5.76 Å². The molecule has 4 heteroatoms. The second kappa shape index (κ2) is 4.50. The Morgan fingerprint density at radius 3 is 2.57 bits per heavy atom. The molecule has 0 aromatic rings. The lowest BCUT2D eigenvalue weighted by Crippen LogP contribution is -2.12. The van der Waals surface area contributed by atoms with Gasteiger partial charge >= 0.3 is 0 Å². The summed E-state index contributed by atoms with van der Waals surface area (Å²) in [5.41, 5.74) is 5.60. The van der Waals surface area contributed by atoms with Gasteiger partial charge in [0.25, 0.3) is 0 Å². The van der Waals surface area contributed by atoms with Gasteiger partial charge in [-0.2, -0.15) is 0 Å². The third kappa shape index (κ3) is 2.39. The smallest absolute Gasteiger partial charge is 0.248 e. The van der Waals surface area contributed by atoms with Crippen LogP contribution in [0, 0.1) is 0 Å². The van der Waals surface area contributed by atoms with Crippen molar-refractivity contribution in [3.63, 3.8) is 0 Å². The number of hydrogen-bond donors (Lipinski definition) is 1. The van der Waals surface area contributed by atoms with Gasteiger partial charge in [0.1, 0.15) is 11.5 Å². The zero-order valence-corrected chi connectivity index (χ0v) is 8.24. The second-order valence-corrected chi connectivity index (χ2v) is 2.79. The van der Waals surface area contributed by atoms with Crippen molar-refractivity contribution < 1.29 is 14.3 Å². The van der Waals surface area contributed by atoms with Gasteiger partial charge in [-0.05, 0) is 6.08 Å². The van der Waals surface area contributed by atoms with Crippen LogP contribution in [0.1, 0.15) is 6.42 Å². The van der Waals surface area contributed by atoms with E-state index in [0.29, 0.717) is 17.8 Å². The molecule has 0 spiro atoms. The predicted molar refractivity (Wildman–Crippen MR) is 52.1 cm³/mol. The number of primary amides is 1. The Bertz CT molecular complexity index is 326. The molecule has 1 aliphatic rings. The Labute approximate surface area is 82.7 Å². The SMILES string of the molecule is COC1=CC(C(N)=O)=CCC(OC)=C1. The standard InChI is InChI=1S/C10H13NO3/c1-13-8-4-3-7(10(11)12)5-9(6-8)14-2/h3,5-6H,4H2,1-2H3,(H2,11,12). The highest BCUT2D eigenvalue weighted by Gasteiger charge is 2.09. The van der Waals surface area contributed by atoms with E-state index in [2.05, 4.69) is 0 Å². The van der Waals surface area contributed by atoms with E-state index < -0.39 is 5.91 Å². The molecule has 0 heterocycles. The highest BCUT2D eigenvalue weighted by molar-refractivity contribution is 5.95. The molecule has 76 valence electrons. The van der Waals surface area contributed by atoms with Crippen molar-refractivity contribution in [1.29, 1.82) is 0 Å². The monoisotopic (exact) mass is 195 g/mol. The first-order chi connectivity index (χ1) is 6.67. The minimum Gasteiger partial charge on any atom is -0.501 e. The zero-order chi connectivity index (χ0) is 10.6. The van der Waals surface area contributed by atoms with E-state index in [4.69, 9.17) is 15.2 Å². The molecule has 14 heavy (non-hydrogen) atoms. The van der Waals surface area contributed by atoms with Crippen LogP contribution in [0.3, 0.4) is 0 Å². The Kier molecular flexibility index (Phi) is 3.34. The third-order valence-electron chi connectivity index (χ3n) is 1.91. The van der Waals surface area contributed by atoms with Crippen LogP contribution in [0.5, 0.6) is 0 Å². The average Bonchev–Trinajstić information content (AvgIpc) is 2.39. The Hall–Kier alpha value is -1.71. The number of carbonyl (C=O) groups excluding carboxylic acids is 1. The lowest BCUT2D eigenvalue weighted by Gasteiger charge is -2.02. The first-order valence-corrected chi connectivity index (χ1v) is 4.17. The topological polar surface area (TPSA) is 61.5 Å². The molecular formula is C10H13NO3. The van der Waals surface area contributed by atoms with Gasteiger partial charge in [0.2, 0.25) is 5.91 Å². The summed E-state index contributed by atoms with van der Waals surface area (Å²) >= 11 is 0. The Balaban J connectivity index is 2.98. The van der Waals surface area contributed by atoms with Gasteiger partial charge in [-0.25, -0.2) is 0 Å². The van der Waals surface area contributed by atoms with Gasteiger partial charge in [0.15, 0.2) is 0 Å². The molecule has 0 bridgehead atoms. The molecule has 0 aromatic carbocycles. The van der Waals surface area contributed by atoms with Crippen molar-refractivity contribution in [2.24, 2.45) is 5.73 Å². The first kappa shape index (κ1) is 10.4. The minimum absolute atomic E-state index is 0.435. The summed E-state index contributed by atoms with van der Waals surface area (Å²) < 4.78 is 10.1. The van der Waals surface area contributed by atoms with Crippen LogP contribution in [0.2, 0.25) is 0 Å². The number of rotatable bonds is 3. The number of hydrogen-bond acceptors (Lipinski definition) is 3. The maximum absolute atomic E-state index is 11.0. The fourth-order valence-electron chi connectivity index (χ4n) is 1.11. The molecule has 1 amide bonds. The van der Waals surface area contributed by atoms with E-state index in [9.17, 15) is 4.79 Å². The number of carbonyl (C=O) groups is 1. The summed E-state index contributed by atoms with van der Waals surface area (Å²) in [4.78, 5) is 11.0. The van der Waals surface area contributed by atoms with E-state index in [1.807, 2.05) is 0 Å². The molecule has 1 aliphatic carbocycles. The Morgan fingerprint density at radius 2 is 2.07 bits per heavy atom. The van der Waals surface area contributed by atoms with E-state index in [1.165, 1.54) is 7.11 Å². The molecule has 1 rings (SSSR count). The molecule has 0 saturated carbocycles. The number of methoxy groups -OCH3 is 2. The summed E-state index contributed by atoms with van der Waals surface area (Å²) in [6, 6.07) is 0. The number of nitrogens with two attached hydrogens (primary N) is 1. The largest absolute Gasteiger partial charge is 0.501 e. The maximum Gasteiger partial charge on any atom is 0.248 e. The Morgan fingerprint density at radius 1 is 1.36 bits per heavy atom. The quantitative estimate of drug-likeness (QED) is 0.726. The highest BCUT2D eigenvalue weighted by atomic mass is 16.5. The molecule has 0 fully saturated rings. The second-order valence-electron chi connectivity index (χ2n) is 2.79. The molecule has 0 atom stereocenters. The molecule has 0 saturated heterocycles. The van der Waals surface area contributed by atoms with Gasteiger partial charge in [0.05, 0.1) is 14.2 Å². The number of amides is 1. The lowest BCUT2D eigenvalue weighted by atomic mass is 10.2. The van der Waals surface area contributed by atoms with Crippen LogP contribution in [-0.2, 0) is 14.3 Å². The molecule has 0 aromatic heterocycles. The molecular weight excluding hydrogens is 182 g/mol. The fourth-order valence-corrected chi connectivity index (χ4v) is 1.11. The number of ether oxygens (including phenoxy) is 2. The summed E-state index contributed by atoms with van der Waals surface area (Å²) in [6.45, 7) is 0. The van der Waals surface area contributed by atoms with Crippen LogP contribution in [-0.4, -0.2) is 20.1 Å². The van der Waals surface area contributed by atoms with Crippen LogP contribution in [0.25, 0.3) is 0 Å². The van der Waals surface area contributed by atoms with Crippen molar-refractivity contribution >= 4 is 5.91 Å². The van der Waals surface area contributed by atoms with E-state index >= 15 is 0 Å². The van der Waals surface area contributed by atoms with Gasteiger partial charge in [-0.3, -0.25) is 4.79 Å². The summed E-state index contributed by atoms with van der Waals surface area (Å²) in [5, 5.41) is 0. The summed E-state index contributed by atoms with van der Waals surface area (Å²) in [6.07, 6.45) is 5.57. The van der Waals surface area contributed by atoms with E-state index in [-0.39, 0.29) is 0 Å². The maximum atomic E-state index is 11.0. The van der Waals surface area contributed by atoms with Gasteiger partial charge in [0, 0.05) is 18.1 Å². The molecule has 0 radical (unpaired) electrons. The van der Waals surface area contributed by atoms with Crippen LogP contribution in [0.15, 0.2) is 35.3 Å². The van der Waals surface area contributed by atoms with E-state index in [1.54, 1.807) is 25.3 Å². The molecule has 0 unspecified atom stereocenters. The molecule has 2 N–H and O–H groups in total. The third-order valence-corrected chi connectivity index (χ3v) is 1.91. The number of allylic oxidation sites excluding steroid dienone is 2. The van der Waals surface area contributed by atoms with Gasteiger partial charge < -0.3 is 15.2 Å². The average molecular weight is 195 g/mol. The zero-order valence-electron chi connectivity index (χ0n) is 8.24. The normalized spacial score (nSPS) is 16.0. The summed E-state index contributed by atoms with van der Waals surface area (Å²) in [5.74, 6) is 0.823. The molecule has 4 nitrogen and oxygen atoms in total. The van der Waals surface area contributed by atoms with Crippen molar-refractivity contribution in [2.75, 3.05) is 14.2 Å². The lowest BCUT2D eigenvalue weighted by molar-refractivity contribution is -0.114. The predicted octanol–water partition coefficient (Wildman–Crippen LogP) is 0.862. The van der Waals surface area contributed by atoms with Crippen molar-refractivity contribution in [2.45, 2.75) is 6.42 Å². The van der Waals surface area contributed by atoms with Gasteiger partial charge in [-0.1, -0.05) is 6.08 Å².